The molecular formula is C23H25ClN2O2. The lowest BCUT2D eigenvalue weighted by Gasteiger charge is -2.31. The number of halogens is 1. The molecule has 1 aliphatic heterocycles. The Labute approximate surface area is 170 Å². The SMILES string of the molecule is CCOc1cc(CN2CCCn3cccc3C2c2ccc(Cl)cc2)ccc1O. The van der Waals surface area contributed by atoms with Crippen molar-refractivity contribution in [3.05, 3.63) is 82.6 Å². The quantitative estimate of drug-likeness (QED) is 0.640. The molecule has 1 aliphatic rings. The highest BCUT2D eigenvalue weighted by atomic mass is 35.5. The third-order valence-electron chi connectivity index (χ3n) is 5.25. The van der Waals surface area contributed by atoms with Gasteiger partial charge in [0.2, 0.25) is 0 Å². The van der Waals surface area contributed by atoms with Crippen molar-refractivity contribution in [3.8, 4) is 11.5 Å². The average Bonchev–Trinajstić information content (AvgIpc) is 3.07. The number of nitrogens with zero attached hydrogens (tertiary/aromatic N) is 2. The van der Waals surface area contributed by atoms with Crippen LogP contribution in [-0.4, -0.2) is 27.7 Å². The second kappa shape index (κ2) is 8.29. The second-order valence-corrected chi connectivity index (χ2v) is 7.58. The Morgan fingerprint density at radius 2 is 1.93 bits per heavy atom. The highest BCUT2D eigenvalue weighted by Crippen LogP contribution is 2.35. The van der Waals surface area contributed by atoms with Crippen molar-refractivity contribution in [2.45, 2.75) is 32.5 Å². The minimum atomic E-state index is 0.152. The van der Waals surface area contributed by atoms with Crippen LogP contribution in [0.5, 0.6) is 11.5 Å². The predicted octanol–water partition coefficient (Wildman–Crippen LogP) is 5.24. The Balaban J connectivity index is 1.69. The van der Waals surface area contributed by atoms with Crippen LogP contribution < -0.4 is 4.74 Å². The molecule has 2 heterocycles. The molecule has 0 fully saturated rings. The zero-order valence-electron chi connectivity index (χ0n) is 16.0. The predicted molar refractivity (Wildman–Crippen MR) is 112 cm³/mol. The van der Waals surface area contributed by atoms with Gasteiger partial charge in [0.05, 0.1) is 12.6 Å². The number of aromatic nitrogens is 1. The van der Waals surface area contributed by atoms with Crippen LogP contribution in [0.25, 0.3) is 0 Å². The summed E-state index contributed by atoms with van der Waals surface area (Å²) in [5, 5.41) is 10.8. The smallest absolute Gasteiger partial charge is 0.161 e. The van der Waals surface area contributed by atoms with E-state index in [4.69, 9.17) is 16.3 Å². The van der Waals surface area contributed by atoms with E-state index in [9.17, 15) is 5.11 Å². The first kappa shape index (κ1) is 18.9. The summed E-state index contributed by atoms with van der Waals surface area (Å²) in [6.07, 6.45) is 3.25. The van der Waals surface area contributed by atoms with E-state index in [-0.39, 0.29) is 11.8 Å². The van der Waals surface area contributed by atoms with Crippen molar-refractivity contribution in [2.24, 2.45) is 0 Å². The Morgan fingerprint density at radius 3 is 2.71 bits per heavy atom. The first-order valence-corrected chi connectivity index (χ1v) is 10.1. The minimum absolute atomic E-state index is 0.152. The molecule has 0 spiro atoms. The highest BCUT2D eigenvalue weighted by molar-refractivity contribution is 6.30. The molecular weight excluding hydrogens is 372 g/mol. The van der Waals surface area contributed by atoms with E-state index in [1.807, 2.05) is 31.2 Å². The lowest BCUT2D eigenvalue weighted by atomic mass is 10.0. The fraction of sp³-hybridized carbons (Fsp3) is 0.304. The van der Waals surface area contributed by atoms with Gasteiger partial charge in [0.25, 0.3) is 0 Å². The van der Waals surface area contributed by atoms with E-state index in [1.54, 1.807) is 6.07 Å². The van der Waals surface area contributed by atoms with Gasteiger partial charge < -0.3 is 14.4 Å². The number of fused-ring (bicyclic) bond motifs is 1. The van der Waals surface area contributed by atoms with Gasteiger partial charge >= 0.3 is 0 Å². The van der Waals surface area contributed by atoms with Crippen molar-refractivity contribution < 1.29 is 9.84 Å². The van der Waals surface area contributed by atoms with Crippen molar-refractivity contribution in [2.75, 3.05) is 13.2 Å². The van der Waals surface area contributed by atoms with Crippen LogP contribution in [-0.2, 0) is 13.1 Å². The molecule has 4 nitrogen and oxygen atoms in total. The summed E-state index contributed by atoms with van der Waals surface area (Å²) in [7, 11) is 0. The van der Waals surface area contributed by atoms with Crippen LogP contribution in [0.1, 0.15) is 36.2 Å². The maximum Gasteiger partial charge on any atom is 0.161 e. The second-order valence-electron chi connectivity index (χ2n) is 7.14. The van der Waals surface area contributed by atoms with Crippen molar-refractivity contribution >= 4 is 11.6 Å². The maximum absolute atomic E-state index is 10.0. The van der Waals surface area contributed by atoms with Gasteiger partial charge in [-0.15, -0.1) is 0 Å². The van der Waals surface area contributed by atoms with E-state index in [0.717, 1.165) is 36.6 Å². The molecule has 0 saturated carbocycles. The number of phenols is 1. The summed E-state index contributed by atoms with van der Waals surface area (Å²) in [4.78, 5) is 2.49. The van der Waals surface area contributed by atoms with Crippen LogP contribution in [0.3, 0.4) is 0 Å². The molecule has 0 aliphatic carbocycles. The molecule has 2 aromatic carbocycles. The molecule has 146 valence electrons. The van der Waals surface area contributed by atoms with Crippen molar-refractivity contribution in [1.82, 2.24) is 9.47 Å². The van der Waals surface area contributed by atoms with Crippen LogP contribution in [0.15, 0.2) is 60.8 Å². The standard InChI is InChI=1S/C23H25ClN2O2/c1-2-28-22-15-17(6-11-21(22)27)16-26-14-4-13-25-12-3-5-20(25)23(26)18-7-9-19(24)10-8-18/h3,5-12,15,23,27H,2,4,13-14,16H2,1H3. The van der Waals surface area contributed by atoms with E-state index < -0.39 is 0 Å². The molecule has 1 unspecified atom stereocenters. The molecule has 1 aromatic heterocycles. The monoisotopic (exact) mass is 396 g/mol. The van der Waals surface area contributed by atoms with Crippen LogP contribution in [0.2, 0.25) is 5.02 Å². The lowest BCUT2D eigenvalue weighted by molar-refractivity contribution is 0.219. The fourth-order valence-corrected chi connectivity index (χ4v) is 4.12. The number of phenolic OH excluding ortho intramolecular Hbond substituents is 1. The van der Waals surface area contributed by atoms with E-state index in [1.165, 1.54) is 11.3 Å². The summed E-state index contributed by atoms with van der Waals surface area (Å²) < 4.78 is 7.92. The van der Waals surface area contributed by atoms with Gasteiger partial charge in [0, 0.05) is 36.5 Å². The van der Waals surface area contributed by atoms with Gasteiger partial charge in [-0.2, -0.15) is 0 Å². The van der Waals surface area contributed by atoms with E-state index >= 15 is 0 Å². The van der Waals surface area contributed by atoms with E-state index in [0.29, 0.717) is 12.4 Å². The molecule has 4 rings (SSSR count). The summed E-state index contributed by atoms with van der Waals surface area (Å²) in [6, 6.07) is 18.3. The van der Waals surface area contributed by atoms with Gasteiger partial charge in [0.15, 0.2) is 11.5 Å². The molecule has 0 saturated heterocycles. The maximum atomic E-state index is 10.0. The molecule has 5 heteroatoms. The normalized spacial score (nSPS) is 17.1. The third kappa shape index (κ3) is 3.89. The molecule has 1 atom stereocenters. The Morgan fingerprint density at radius 1 is 1.11 bits per heavy atom. The first-order valence-electron chi connectivity index (χ1n) is 9.75. The molecule has 28 heavy (non-hydrogen) atoms. The third-order valence-corrected chi connectivity index (χ3v) is 5.50. The zero-order valence-corrected chi connectivity index (χ0v) is 16.8. The molecule has 1 N–H and O–H groups in total. The van der Waals surface area contributed by atoms with Gasteiger partial charge in [-0.3, -0.25) is 4.90 Å². The summed E-state index contributed by atoms with van der Waals surface area (Å²) in [6.45, 7) is 5.23. The van der Waals surface area contributed by atoms with E-state index in [2.05, 4.69) is 39.9 Å². The lowest BCUT2D eigenvalue weighted by Crippen LogP contribution is -2.29. The number of benzene rings is 2. The summed E-state index contributed by atoms with van der Waals surface area (Å²) in [5.41, 5.74) is 3.65. The molecule has 3 aromatic rings. The molecule has 0 bridgehead atoms. The minimum Gasteiger partial charge on any atom is -0.504 e. The number of rotatable bonds is 5. The number of ether oxygens (including phenoxy) is 1. The van der Waals surface area contributed by atoms with Crippen LogP contribution in [0.4, 0.5) is 0 Å². The Hall–Kier alpha value is -2.43. The van der Waals surface area contributed by atoms with Crippen LogP contribution in [0, 0.1) is 0 Å². The zero-order chi connectivity index (χ0) is 19.5. The van der Waals surface area contributed by atoms with Crippen molar-refractivity contribution in [1.29, 1.82) is 0 Å². The number of aromatic hydroxyl groups is 1. The highest BCUT2D eigenvalue weighted by Gasteiger charge is 2.27. The Kier molecular flexibility index (Phi) is 5.60. The van der Waals surface area contributed by atoms with Gasteiger partial charge in [-0.1, -0.05) is 29.8 Å². The average molecular weight is 397 g/mol. The first-order chi connectivity index (χ1) is 13.7. The fourth-order valence-electron chi connectivity index (χ4n) is 4.00. The summed E-state index contributed by atoms with van der Waals surface area (Å²) in [5.74, 6) is 0.728. The molecule has 0 radical (unpaired) electrons. The number of hydrogen-bond donors (Lipinski definition) is 1. The molecule has 0 amide bonds. The van der Waals surface area contributed by atoms with Crippen LogP contribution >= 0.6 is 11.6 Å². The number of aryl methyl sites for hydroxylation is 1. The van der Waals surface area contributed by atoms with Crippen molar-refractivity contribution in [3.63, 3.8) is 0 Å². The van der Waals surface area contributed by atoms with Gasteiger partial charge in [-0.05, 0) is 60.9 Å². The van der Waals surface area contributed by atoms with Gasteiger partial charge in [-0.25, -0.2) is 0 Å². The number of hydrogen-bond acceptors (Lipinski definition) is 3. The summed E-state index contributed by atoms with van der Waals surface area (Å²) >= 11 is 6.13. The topological polar surface area (TPSA) is 37.6 Å². The Bertz CT molecular complexity index is 936. The van der Waals surface area contributed by atoms with Gasteiger partial charge in [0.1, 0.15) is 0 Å². The largest absolute Gasteiger partial charge is 0.504 e.